The molecule has 2 fully saturated rings. The summed E-state index contributed by atoms with van der Waals surface area (Å²) in [5, 5.41) is 17.8. The molecular weight excluding hydrogens is 727 g/mol. The van der Waals surface area contributed by atoms with E-state index in [1.54, 1.807) is 67.8 Å². The van der Waals surface area contributed by atoms with Gasteiger partial charge in [-0.3, -0.25) is 24.0 Å². The number of piperidine rings is 1. The molecule has 16 nitrogen and oxygen atoms in total. The molecule has 0 bridgehead atoms. The number of carbonyl (C=O) groups is 6. The van der Waals surface area contributed by atoms with Gasteiger partial charge >= 0.3 is 6.03 Å². The van der Waals surface area contributed by atoms with Gasteiger partial charge in [0.2, 0.25) is 29.5 Å². The minimum absolute atomic E-state index is 0.0432. The fourth-order valence-electron chi connectivity index (χ4n) is 7.06. The standard InChI is InChI=1S/C39H51FN8O8/c1-22(2)33(44-32(50)21-42-39(54)43-26-9-11-27(55-5)12-10-26)36(51)41-20-31(49)45-34(23(3)4)38(53)48-16-6-7-29(48)37(52)47-17-14-24(15-18-47)35-28-13-8-25(40)19-30(28)56-46-35/h8-13,19,22-24,29,33-34H,6-7,14-18,20-21H2,1-5H3,(H,41,51)(H,44,50)(H,45,49)(H2,42,43,54)/t29-,33-,34-/m0/s1. The van der Waals surface area contributed by atoms with Crippen molar-refractivity contribution in [3.8, 4) is 5.75 Å². The van der Waals surface area contributed by atoms with Gasteiger partial charge in [-0.25, -0.2) is 9.18 Å². The predicted molar refractivity (Wildman–Crippen MR) is 204 cm³/mol. The van der Waals surface area contributed by atoms with Crippen LogP contribution in [0.4, 0.5) is 14.9 Å². The first-order chi connectivity index (χ1) is 26.7. The molecule has 3 aromatic rings. The maximum absolute atomic E-state index is 13.9. The van der Waals surface area contributed by atoms with Gasteiger partial charge in [-0.05, 0) is 73.9 Å². The molecule has 3 heterocycles. The highest BCUT2D eigenvalue weighted by Crippen LogP contribution is 2.34. The van der Waals surface area contributed by atoms with E-state index in [1.807, 2.05) is 0 Å². The van der Waals surface area contributed by atoms with Crippen molar-refractivity contribution in [1.29, 1.82) is 0 Å². The van der Waals surface area contributed by atoms with Crippen LogP contribution in [0.1, 0.15) is 65.0 Å². The number of urea groups is 1. The molecule has 1 aromatic heterocycles. The van der Waals surface area contributed by atoms with Crippen LogP contribution >= 0.6 is 0 Å². The van der Waals surface area contributed by atoms with Crippen molar-refractivity contribution in [2.75, 3.05) is 45.2 Å². The molecule has 2 aliphatic rings. The van der Waals surface area contributed by atoms with Gasteiger partial charge in [-0.15, -0.1) is 0 Å². The maximum atomic E-state index is 13.9. The number of likely N-dealkylation sites (tertiary alicyclic amines) is 2. The number of halogens is 1. The number of nitrogens with one attached hydrogen (secondary N) is 5. The van der Waals surface area contributed by atoms with Crippen molar-refractivity contribution >= 4 is 52.2 Å². The van der Waals surface area contributed by atoms with E-state index in [2.05, 4.69) is 31.7 Å². The van der Waals surface area contributed by atoms with Crippen LogP contribution in [0.3, 0.4) is 0 Å². The molecule has 2 aliphatic heterocycles. The number of hydrogen-bond acceptors (Lipinski definition) is 9. The lowest BCUT2D eigenvalue weighted by molar-refractivity contribution is -0.146. The quantitative estimate of drug-likeness (QED) is 0.163. The largest absolute Gasteiger partial charge is 0.497 e. The molecule has 0 unspecified atom stereocenters. The highest BCUT2D eigenvalue weighted by Gasteiger charge is 2.41. The monoisotopic (exact) mass is 778 g/mol. The van der Waals surface area contributed by atoms with Crippen molar-refractivity contribution in [2.24, 2.45) is 11.8 Å². The average Bonchev–Trinajstić information content (AvgIpc) is 3.85. The van der Waals surface area contributed by atoms with Crippen molar-refractivity contribution in [2.45, 2.75) is 77.4 Å². The van der Waals surface area contributed by atoms with Gasteiger partial charge in [0, 0.05) is 42.7 Å². The van der Waals surface area contributed by atoms with E-state index >= 15 is 0 Å². The Morgan fingerprint density at radius 1 is 0.857 bits per heavy atom. The summed E-state index contributed by atoms with van der Waals surface area (Å²) in [4.78, 5) is 82.1. The normalized spacial score (nSPS) is 17.0. The molecule has 2 aromatic carbocycles. The number of benzene rings is 2. The van der Waals surface area contributed by atoms with Crippen molar-refractivity contribution in [3.05, 3.63) is 54.0 Å². The second kappa shape index (κ2) is 18.7. The van der Waals surface area contributed by atoms with E-state index in [0.717, 1.165) is 11.1 Å². The van der Waals surface area contributed by atoms with E-state index in [9.17, 15) is 33.2 Å². The number of fused-ring (bicyclic) bond motifs is 1. The van der Waals surface area contributed by atoms with E-state index in [4.69, 9.17) is 9.26 Å². The molecule has 3 atom stereocenters. The smallest absolute Gasteiger partial charge is 0.319 e. The zero-order valence-corrected chi connectivity index (χ0v) is 32.4. The lowest BCUT2D eigenvalue weighted by Gasteiger charge is -2.36. The molecule has 0 spiro atoms. The predicted octanol–water partition coefficient (Wildman–Crippen LogP) is 2.89. The molecule has 17 heteroatoms. The molecule has 56 heavy (non-hydrogen) atoms. The number of anilines is 1. The molecule has 5 rings (SSSR count). The van der Waals surface area contributed by atoms with E-state index < -0.39 is 60.8 Å². The van der Waals surface area contributed by atoms with E-state index in [0.29, 0.717) is 62.3 Å². The summed E-state index contributed by atoms with van der Waals surface area (Å²) in [5.74, 6) is -2.77. The average molecular weight is 779 g/mol. The highest BCUT2D eigenvalue weighted by molar-refractivity contribution is 5.96. The van der Waals surface area contributed by atoms with Gasteiger partial charge in [0.15, 0.2) is 5.58 Å². The summed E-state index contributed by atoms with van der Waals surface area (Å²) in [6, 6.07) is 7.72. The number of rotatable bonds is 14. The van der Waals surface area contributed by atoms with Crippen molar-refractivity contribution in [3.63, 3.8) is 0 Å². The first-order valence-corrected chi connectivity index (χ1v) is 18.9. The fourth-order valence-corrected chi connectivity index (χ4v) is 7.06. The lowest BCUT2D eigenvalue weighted by atomic mass is 9.91. The lowest BCUT2D eigenvalue weighted by Crippen LogP contribution is -2.57. The molecule has 0 saturated carbocycles. The van der Waals surface area contributed by atoms with Crippen LogP contribution in [-0.2, 0) is 24.0 Å². The third kappa shape index (κ3) is 10.3. The number of hydrogen-bond donors (Lipinski definition) is 5. The number of carbonyl (C=O) groups excluding carboxylic acids is 6. The molecule has 302 valence electrons. The Labute approximate surface area is 324 Å². The third-order valence-electron chi connectivity index (χ3n) is 10.2. The Balaban J connectivity index is 1.08. The third-order valence-corrected chi connectivity index (χ3v) is 10.2. The first-order valence-electron chi connectivity index (χ1n) is 18.9. The Morgan fingerprint density at radius 3 is 2.14 bits per heavy atom. The molecule has 2 saturated heterocycles. The minimum atomic E-state index is -1.01. The second-order valence-electron chi connectivity index (χ2n) is 14.8. The molecular formula is C39H51FN8O8. The van der Waals surface area contributed by atoms with Crippen LogP contribution in [-0.4, -0.2) is 108 Å². The Kier molecular flexibility index (Phi) is 13.9. The van der Waals surface area contributed by atoms with Gasteiger partial charge in [0.25, 0.3) is 0 Å². The topological polar surface area (TPSA) is 204 Å². The minimum Gasteiger partial charge on any atom is -0.497 e. The highest BCUT2D eigenvalue weighted by atomic mass is 19.1. The van der Waals surface area contributed by atoms with Crippen molar-refractivity contribution in [1.82, 2.24) is 36.2 Å². The molecule has 0 aliphatic carbocycles. The number of methoxy groups -OCH3 is 1. The first kappa shape index (κ1) is 41.4. The van der Waals surface area contributed by atoms with E-state index in [-0.39, 0.29) is 29.6 Å². The zero-order valence-electron chi connectivity index (χ0n) is 32.4. The van der Waals surface area contributed by atoms with Crippen molar-refractivity contribution < 1.29 is 42.4 Å². The second-order valence-corrected chi connectivity index (χ2v) is 14.8. The van der Waals surface area contributed by atoms with Gasteiger partial charge in [-0.2, -0.15) is 0 Å². The summed E-state index contributed by atoms with van der Waals surface area (Å²) >= 11 is 0. The van der Waals surface area contributed by atoms with Gasteiger partial charge < -0.3 is 45.6 Å². The van der Waals surface area contributed by atoms with Gasteiger partial charge in [0.1, 0.15) is 29.7 Å². The van der Waals surface area contributed by atoms with Gasteiger partial charge in [0.05, 0.1) is 25.9 Å². The Hall–Kier alpha value is -5.74. The summed E-state index contributed by atoms with van der Waals surface area (Å²) in [5.41, 5.74) is 1.63. The summed E-state index contributed by atoms with van der Waals surface area (Å²) in [6.07, 6.45) is 2.43. The summed E-state index contributed by atoms with van der Waals surface area (Å²) < 4.78 is 24.1. The summed E-state index contributed by atoms with van der Waals surface area (Å²) in [7, 11) is 1.53. The summed E-state index contributed by atoms with van der Waals surface area (Å²) in [6.45, 7) is 7.47. The van der Waals surface area contributed by atoms with Crippen LogP contribution < -0.4 is 31.3 Å². The maximum Gasteiger partial charge on any atom is 0.319 e. The Morgan fingerprint density at radius 2 is 1.50 bits per heavy atom. The SMILES string of the molecule is COc1ccc(NC(=O)NCC(=O)N[C@H](C(=O)NCC(=O)N[C@H](C(=O)N2CCC[C@H]2C(=O)N2CCC(c3noc4cc(F)ccc34)CC2)C(C)C)C(C)C)cc1. The number of aromatic nitrogens is 1. The molecule has 5 N–H and O–H groups in total. The fraction of sp³-hybridized carbons (Fsp3) is 0.513. The zero-order chi connectivity index (χ0) is 40.5. The van der Waals surface area contributed by atoms with E-state index in [1.165, 1.54) is 19.2 Å². The number of amides is 7. The van der Waals surface area contributed by atoms with Crippen LogP contribution in [0.15, 0.2) is 47.0 Å². The Bertz CT molecular complexity index is 1890. The number of ether oxygens (including phenoxy) is 1. The molecule has 7 amide bonds. The van der Waals surface area contributed by atoms with Crippen LogP contribution in [0.5, 0.6) is 5.75 Å². The van der Waals surface area contributed by atoms with Gasteiger partial charge in [-0.1, -0.05) is 32.9 Å². The molecule has 0 radical (unpaired) electrons. The van der Waals surface area contributed by atoms with Crippen LogP contribution in [0.25, 0.3) is 11.0 Å². The number of nitrogens with zero attached hydrogens (tertiary/aromatic N) is 3. The van der Waals surface area contributed by atoms with Crippen LogP contribution in [0.2, 0.25) is 0 Å². The van der Waals surface area contributed by atoms with Crippen LogP contribution in [0, 0.1) is 17.7 Å².